The lowest BCUT2D eigenvalue weighted by Crippen LogP contribution is -2.13. The highest BCUT2D eigenvalue weighted by molar-refractivity contribution is 5.51. The van der Waals surface area contributed by atoms with E-state index in [1.165, 1.54) is 14.2 Å². The van der Waals surface area contributed by atoms with E-state index in [4.69, 9.17) is 19.9 Å². The van der Waals surface area contributed by atoms with Crippen LogP contribution in [-0.2, 0) is 0 Å². The summed E-state index contributed by atoms with van der Waals surface area (Å²) in [7, 11) is 4.58. The molecule has 0 aliphatic carbocycles. The van der Waals surface area contributed by atoms with Crippen molar-refractivity contribution in [3.8, 4) is 17.2 Å². The second-order valence-corrected chi connectivity index (χ2v) is 3.20. The number of hydrogen-bond donors (Lipinski definition) is 2. The minimum atomic E-state index is -0.823. The van der Waals surface area contributed by atoms with Gasteiger partial charge in [-0.15, -0.1) is 0 Å². The fourth-order valence-electron chi connectivity index (χ4n) is 1.48. The van der Waals surface area contributed by atoms with E-state index in [2.05, 4.69) is 0 Å². The molecule has 0 fully saturated rings. The maximum Gasteiger partial charge on any atom is 0.132 e. The quantitative estimate of drug-likeness (QED) is 0.774. The molecule has 0 unspecified atom stereocenters. The standard InChI is InChI=1S/C11H17NO4/c1-14-7-4-9(15-2)11(8(13)6-12)10(5-7)16-3/h4-5,8,13H,6,12H2,1-3H3/t8-/m1/s1. The molecule has 5 heteroatoms. The third-order valence-electron chi connectivity index (χ3n) is 2.31. The Morgan fingerprint density at radius 3 is 1.94 bits per heavy atom. The number of benzene rings is 1. The zero-order chi connectivity index (χ0) is 12.1. The summed E-state index contributed by atoms with van der Waals surface area (Å²) in [6.45, 7) is 0.0963. The van der Waals surface area contributed by atoms with Gasteiger partial charge in [0.05, 0.1) is 33.0 Å². The first-order chi connectivity index (χ1) is 7.67. The zero-order valence-electron chi connectivity index (χ0n) is 9.69. The normalized spacial score (nSPS) is 12.1. The van der Waals surface area contributed by atoms with Crippen LogP contribution in [-0.4, -0.2) is 33.0 Å². The van der Waals surface area contributed by atoms with Crippen molar-refractivity contribution in [3.05, 3.63) is 17.7 Å². The Hall–Kier alpha value is -1.46. The van der Waals surface area contributed by atoms with Crippen LogP contribution in [0.1, 0.15) is 11.7 Å². The lowest BCUT2D eigenvalue weighted by molar-refractivity contribution is 0.177. The predicted molar refractivity (Wildman–Crippen MR) is 60.1 cm³/mol. The molecule has 16 heavy (non-hydrogen) atoms. The van der Waals surface area contributed by atoms with Crippen molar-refractivity contribution in [1.29, 1.82) is 0 Å². The number of methoxy groups -OCH3 is 3. The van der Waals surface area contributed by atoms with Gasteiger partial charge in [0.2, 0.25) is 0 Å². The van der Waals surface area contributed by atoms with Crippen LogP contribution in [0, 0.1) is 0 Å². The van der Waals surface area contributed by atoms with Gasteiger partial charge in [0.25, 0.3) is 0 Å². The van der Waals surface area contributed by atoms with Gasteiger partial charge in [0.1, 0.15) is 17.2 Å². The van der Waals surface area contributed by atoms with Crippen molar-refractivity contribution >= 4 is 0 Å². The maximum absolute atomic E-state index is 9.79. The minimum absolute atomic E-state index is 0.0963. The molecule has 90 valence electrons. The fourth-order valence-corrected chi connectivity index (χ4v) is 1.48. The molecule has 5 nitrogen and oxygen atoms in total. The third-order valence-corrected chi connectivity index (χ3v) is 2.31. The van der Waals surface area contributed by atoms with E-state index < -0.39 is 6.10 Å². The molecule has 0 spiro atoms. The first-order valence-corrected chi connectivity index (χ1v) is 4.86. The predicted octanol–water partition coefficient (Wildman–Crippen LogP) is 0.704. The Bertz CT molecular complexity index is 329. The van der Waals surface area contributed by atoms with Gasteiger partial charge in [0, 0.05) is 18.7 Å². The Morgan fingerprint density at radius 2 is 1.62 bits per heavy atom. The molecule has 0 bridgehead atoms. The molecule has 1 rings (SSSR count). The Balaban J connectivity index is 3.31. The molecule has 0 heterocycles. The lowest BCUT2D eigenvalue weighted by Gasteiger charge is -2.18. The molecular formula is C11H17NO4. The molecule has 3 N–H and O–H groups in total. The molecular weight excluding hydrogens is 210 g/mol. The largest absolute Gasteiger partial charge is 0.496 e. The van der Waals surface area contributed by atoms with Crippen LogP contribution in [0.3, 0.4) is 0 Å². The van der Waals surface area contributed by atoms with Crippen molar-refractivity contribution in [2.24, 2.45) is 5.73 Å². The molecule has 0 saturated heterocycles. The Kier molecular flexibility index (Phi) is 4.39. The summed E-state index contributed by atoms with van der Waals surface area (Å²) in [4.78, 5) is 0. The summed E-state index contributed by atoms with van der Waals surface area (Å²) in [6.07, 6.45) is -0.823. The molecule has 1 aromatic rings. The van der Waals surface area contributed by atoms with Gasteiger partial charge < -0.3 is 25.1 Å². The van der Waals surface area contributed by atoms with Gasteiger partial charge in [-0.3, -0.25) is 0 Å². The third kappa shape index (κ3) is 2.37. The van der Waals surface area contributed by atoms with Crippen LogP contribution in [0.4, 0.5) is 0 Å². The summed E-state index contributed by atoms with van der Waals surface area (Å²) < 4.78 is 15.5. The molecule has 0 amide bonds. The van der Waals surface area contributed by atoms with E-state index in [0.717, 1.165) is 0 Å². The van der Waals surface area contributed by atoms with E-state index in [1.807, 2.05) is 0 Å². The number of hydrogen-bond acceptors (Lipinski definition) is 5. The molecule has 0 radical (unpaired) electrons. The van der Waals surface area contributed by atoms with Gasteiger partial charge in [0.15, 0.2) is 0 Å². The highest BCUT2D eigenvalue weighted by Gasteiger charge is 2.19. The number of aliphatic hydroxyl groups excluding tert-OH is 1. The van der Waals surface area contributed by atoms with Crippen LogP contribution in [0.15, 0.2) is 12.1 Å². The van der Waals surface area contributed by atoms with E-state index in [-0.39, 0.29) is 6.54 Å². The summed E-state index contributed by atoms with van der Waals surface area (Å²) in [5, 5.41) is 9.79. The average Bonchev–Trinajstić information content (AvgIpc) is 2.35. The molecule has 0 aliphatic heterocycles. The highest BCUT2D eigenvalue weighted by atomic mass is 16.5. The van der Waals surface area contributed by atoms with Crippen molar-refractivity contribution < 1.29 is 19.3 Å². The van der Waals surface area contributed by atoms with E-state index >= 15 is 0 Å². The van der Waals surface area contributed by atoms with Crippen molar-refractivity contribution in [2.75, 3.05) is 27.9 Å². The molecule has 1 aromatic carbocycles. The van der Waals surface area contributed by atoms with Crippen LogP contribution < -0.4 is 19.9 Å². The zero-order valence-corrected chi connectivity index (χ0v) is 9.69. The smallest absolute Gasteiger partial charge is 0.132 e. The van der Waals surface area contributed by atoms with Crippen molar-refractivity contribution in [3.63, 3.8) is 0 Å². The number of nitrogens with two attached hydrogens (primary N) is 1. The first-order valence-electron chi connectivity index (χ1n) is 4.86. The first kappa shape index (κ1) is 12.6. The maximum atomic E-state index is 9.79. The highest BCUT2D eigenvalue weighted by Crippen LogP contribution is 2.37. The van der Waals surface area contributed by atoms with E-state index in [0.29, 0.717) is 22.8 Å². The van der Waals surface area contributed by atoms with Gasteiger partial charge in [-0.25, -0.2) is 0 Å². The summed E-state index contributed by atoms with van der Waals surface area (Å²) in [6, 6.07) is 3.35. The number of ether oxygens (including phenoxy) is 3. The van der Waals surface area contributed by atoms with Crippen LogP contribution >= 0.6 is 0 Å². The minimum Gasteiger partial charge on any atom is -0.496 e. The Morgan fingerprint density at radius 1 is 1.12 bits per heavy atom. The topological polar surface area (TPSA) is 73.9 Å². The van der Waals surface area contributed by atoms with Gasteiger partial charge >= 0.3 is 0 Å². The molecule has 0 aromatic heterocycles. The molecule has 0 saturated carbocycles. The van der Waals surface area contributed by atoms with Crippen molar-refractivity contribution in [2.45, 2.75) is 6.10 Å². The summed E-state index contributed by atoms with van der Waals surface area (Å²) in [5.41, 5.74) is 5.96. The monoisotopic (exact) mass is 227 g/mol. The summed E-state index contributed by atoms with van der Waals surface area (Å²) in [5.74, 6) is 1.59. The number of aliphatic hydroxyl groups is 1. The van der Waals surface area contributed by atoms with Crippen LogP contribution in [0.25, 0.3) is 0 Å². The number of rotatable bonds is 5. The van der Waals surface area contributed by atoms with Gasteiger partial charge in [-0.2, -0.15) is 0 Å². The summed E-state index contributed by atoms with van der Waals surface area (Å²) >= 11 is 0. The SMILES string of the molecule is COc1cc(OC)c([C@H](O)CN)c(OC)c1. The fraction of sp³-hybridized carbons (Fsp3) is 0.455. The lowest BCUT2D eigenvalue weighted by atomic mass is 10.1. The van der Waals surface area contributed by atoms with E-state index in [9.17, 15) is 5.11 Å². The second kappa shape index (κ2) is 5.58. The second-order valence-electron chi connectivity index (χ2n) is 3.20. The average molecular weight is 227 g/mol. The molecule has 1 atom stereocenters. The van der Waals surface area contributed by atoms with Crippen molar-refractivity contribution in [1.82, 2.24) is 0 Å². The van der Waals surface area contributed by atoms with Crippen LogP contribution in [0.2, 0.25) is 0 Å². The molecule has 0 aliphatic rings. The van der Waals surface area contributed by atoms with E-state index in [1.54, 1.807) is 19.2 Å². The van der Waals surface area contributed by atoms with Crippen LogP contribution in [0.5, 0.6) is 17.2 Å². The van der Waals surface area contributed by atoms with Gasteiger partial charge in [-0.1, -0.05) is 0 Å². The Labute approximate surface area is 94.7 Å². The van der Waals surface area contributed by atoms with Gasteiger partial charge in [-0.05, 0) is 0 Å².